The van der Waals surface area contributed by atoms with Crippen LogP contribution in [-0.4, -0.2) is 30.2 Å². The molecule has 7 heteroatoms. The maximum absolute atomic E-state index is 12.9. The summed E-state index contributed by atoms with van der Waals surface area (Å²) in [6, 6.07) is 12.2. The van der Waals surface area contributed by atoms with E-state index in [9.17, 15) is 19.2 Å². The van der Waals surface area contributed by atoms with Gasteiger partial charge in [0.25, 0.3) is 0 Å². The third-order valence-electron chi connectivity index (χ3n) is 7.40. The van der Waals surface area contributed by atoms with Gasteiger partial charge in [-0.15, -0.1) is 0 Å². The molecule has 1 aliphatic carbocycles. The van der Waals surface area contributed by atoms with Gasteiger partial charge in [-0.1, -0.05) is 17.7 Å². The highest BCUT2D eigenvalue weighted by molar-refractivity contribution is 6.22. The lowest BCUT2D eigenvalue weighted by molar-refractivity contribution is -0.139. The normalized spacial score (nSPS) is 24.0. The molecule has 180 valence electrons. The molecule has 0 unspecified atom stereocenters. The van der Waals surface area contributed by atoms with E-state index in [0.717, 1.165) is 22.4 Å². The summed E-state index contributed by atoms with van der Waals surface area (Å²) >= 11 is 0. The number of benzene rings is 2. The van der Waals surface area contributed by atoms with Crippen LogP contribution in [0.4, 0.5) is 11.4 Å². The molecule has 0 radical (unpaired) electrons. The SMILES string of the molecule is CC1=CC[C@@H]2C(=O)N(c3ccc(OC(=O)[C@@H]4CC(=O)N(c5ccc(C)c(C)c5)C4)cc3)C(=O)[C@H]2C1. The van der Waals surface area contributed by atoms with Gasteiger partial charge in [0, 0.05) is 18.7 Å². The maximum atomic E-state index is 12.9. The van der Waals surface area contributed by atoms with Crippen LogP contribution in [0.1, 0.15) is 37.3 Å². The number of nitrogens with zero attached hydrogens (tertiary/aromatic N) is 2. The molecule has 7 nitrogen and oxygen atoms in total. The van der Waals surface area contributed by atoms with Crippen molar-refractivity contribution in [2.75, 3.05) is 16.3 Å². The fourth-order valence-electron chi connectivity index (χ4n) is 5.16. The number of anilines is 2. The Morgan fingerprint density at radius 3 is 2.26 bits per heavy atom. The van der Waals surface area contributed by atoms with Gasteiger partial charge < -0.3 is 9.64 Å². The number of hydrogen-bond acceptors (Lipinski definition) is 5. The van der Waals surface area contributed by atoms with E-state index >= 15 is 0 Å². The van der Waals surface area contributed by atoms with E-state index in [0.29, 0.717) is 24.3 Å². The van der Waals surface area contributed by atoms with Crippen LogP contribution < -0.4 is 14.5 Å². The molecular formula is C28H28N2O5. The van der Waals surface area contributed by atoms with E-state index < -0.39 is 11.9 Å². The molecule has 2 aromatic carbocycles. The van der Waals surface area contributed by atoms with E-state index in [4.69, 9.17) is 4.74 Å². The Balaban J connectivity index is 1.24. The second-order valence-corrected chi connectivity index (χ2v) is 9.80. The van der Waals surface area contributed by atoms with E-state index in [-0.39, 0.29) is 42.5 Å². The van der Waals surface area contributed by atoms with Gasteiger partial charge >= 0.3 is 5.97 Å². The van der Waals surface area contributed by atoms with E-state index in [1.807, 2.05) is 45.0 Å². The fourth-order valence-corrected chi connectivity index (χ4v) is 5.16. The van der Waals surface area contributed by atoms with Crippen LogP contribution in [0.2, 0.25) is 0 Å². The minimum absolute atomic E-state index is 0.0941. The van der Waals surface area contributed by atoms with E-state index in [2.05, 4.69) is 0 Å². The number of carbonyl (C=O) groups excluding carboxylic acids is 4. The zero-order valence-corrected chi connectivity index (χ0v) is 20.1. The molecule has 2 saturated heterocycles. The van der Waals surface area contributed by atoms with E-state index in [1.165, 1.54) is 4.90 Å². The lowest BCUT2D eigenvalue weighted by atomic mass is 9.82. The highest BCUT2D eigenvalue weighted by Crippen LogP contribution is 2.40. The first-order chi connectivity index (χ1) is 16.7. The Hall–Kier alpha value is -3.74. The minimum Gasteiger partial charge on any atom is -0.426 e. The molecule has 2 fully saturated rings. The van der Waals surface area contributed by atoms with Crippen molar-refractivity contribution >= 4 is 35.1 Å². The number of carbonyl (C=O) groups is 4. The molecule has 0 spiro atoms. The predicted molar refractivity (Wildman–Crippen MR) is 131 cm³/mol. The zero-order valence-electron chi connectivity index (χ0n) is 20.1. The van der Waals surface area contributed by atoms with Gasteiger partial charge in [-0.05, 0) is 81.1 Å². The summed E-state index contributed by atoms with van der Waals surface area (Å²) in [5.74, 6) is -1.79. The number of imide groups is 1. The topological polar surface area (TPSA) is 84.0 Å². The Bertz CT molecular complexity index is 1260. The molecule has 0 aromatic heterocycles. The van der Waals surface area contributed by atoms with Gasteiger partial charge in [-0.25, -0.2) is 0 Å². The molecule has 2 heterocycles. The van der Waals surface area contributed by atoms with Crippen molar-refractivity contribution in [2.45, 2.75) is 40.0 Å². The first-order valence-electron chi connectivity index (χ1n) is 12.0. The van der Waals surface area contributed by atoms with Gasteiger partial charge in [-0.3, -0.25) is 24.1 Å². The minimum atomic E-state index is -0.565. The largest absolute Gasteiger partial charge is 0.426 e. The second kappa shape index (κ2) is 8.80. The van der Waals surface area contributed by atoms with Crippen LogP contribution in [0, 0.1) is 31.6 Å². The number of hydrogen-bond donors (Lipinski definition) is 0. The number of rotatable bonds is 4. The first-order valence-corrected chi connectivity index (χ1v) is 12.0. The molecule has 0 N–H and O–H groups in total. The number of aryl methyl sites for hydroxylation is 2. The van der Waals surface area contributed by atoms with Gasteiger partial charge in [0.2, 0.25) is 17.7 Å². The summed E-state index contributed by atoms with van der Waals surface area (Å²) < 4.78 is 5.54. The molecule has 35 heavy (non-hydrogen) atoms. The molecule has 0 saturated carbocycles. The van der Waals surface area contributed by atoms with Crippen LogP contribution >= 0.6 is 0 Å². The number of ether oxygens (including phenoxy) is 1. The number of esters is 1. The molecule has 2 aliphatic heterocycles. The standard InChI is InChI=1S/C28H28N2O5/c1-16-4-11-23-24(12-16)27(33)30(26(23)32)20-7-9-22(10-8-20)35-28(34)19-14-25(31)29(15-19)21-6-5-17(2)18(3)13-21/h4-10,13,19,23-24H,11-12,14-15H2,1-3H3/t19-,23+,24+/m1/s1. The predicted octanol–water partition coefficient (Wildman–Crippen LogP) is 4.11. The highest BCUT2D eigenvalue weighted by atomic mass is 16.5. The number of fused-ring (bicyclic) bond motifs is 1. The second-order valence-electron chi connectivity index (χ2n) is 9.80. The smallest absolute Gasteiger partial charge is 0.316 e. The Kier molecular flexibility index (Phi) is 5.79. The van der Waals surface area contributed by atoms with Crippen LogP contribution in [-0.2, 0) is 19.2 Å². The van der Waals surface area contributed by atoms with Crippen LogP contribution in [0.3, 0.4) is 0 Å². The van der Waals surface area contributed by atoms with Gasteiger partial charge in [0.1, 0.15) is 5.75 Å². The average Bonchev–Trinajstić information content (AvgIpc) is 3.34. The average molecular weight is 473 g/mol. The molecule has 0 bridgehead atoms. The molecule has 2 aromatic rings. The highest BCUT2D eigenvalue weighted by Gasteiger charge is 2.48. The number of allylic oxidation sites excluding steroid dienone is 2. The van der Waals surface area contributed by atoms with Crippen molar-refractivity contribution in [3.63, 3.8) is 0 Å². The zero-order chi connectivity index (χ0) is 24.9. The summed E-state index contributed by atoms with van der Waals surface area (Å²) in [6.45, 7) is 6.25. The quantitative estimate of drug-likeness (QED) is 0.289. The van der Waals surface area contributed by atoms with Crippen molar-refractivity contribution in [2.24, 2.45) is 17.8 Å². The fraction of sp³-hybridized carbons (Fsp3) is 0.357. The third-order valence-corrected chi connectivity index (χ3v) is 7.40. The maximum Gasteiger partial charge on any atom is 0.316 e. The molecule has 3 atom stereocenters. The Morgan fingerprint density at radius 2 is 1.54 bits per heavy atom. The molecule has 5 rings (SSSR count). The van der Waals surface area contributed by atoms with Crippen LogP contribution in [0.25, 0.3) is 0 Å². The molecule has 3 aliphatic rings. The third kappa shape index (κ3) is 4.16. The van der Waals surface area contributed by atoms with E-state index in [1.54, 1.807) is 29.2 Å². The summed E-state index contributed by atoms with van der Waals surface area (Å²) in [5.41, 5.74) is 4.62. The van der Waals surface area contributed by atoms with Gasteiger partial charge in [-0.2, -0.15) is 0 Å². The van der Waals surface area contributed by atoms with Crippen LogP contribution in [0.5, 0.6) is 5.75 Å². The van der Waals surface area contributed by atoms with Crippen molar-refractivity contribution < 1.29 is 23.9 Å². The van der Waals surface area contributed by atoms with Gasteiger partial charge in [0.15, 0.2) is 0 Å². The van der Waals surface area contributed by atoms with Crippen molar-refractivity contribution in [3.05, 3.63) is 65.2 Å². The van der Waals surface area contributed by atoms with Crippen molar-refractivity contribution in [3.8, 4) is 5.75 Å². The lowest BCUT2D eigenvalue weighted by Crippen LogP contribution is -2.30. The molecular weight excluding hydrogens is 444 g/mol. The van der Waals surface area contributed by atoms with Gasteiger partial charge in [0.05, 0.1) is 23.4 Å². The number of amides is 3. The van der Waals surface area contributed by atoms with Crippen LogP contribution in [0.15, 0.2) is 54.1 Å². The summed E-state index contributed by atoms with van der Waals surface area (Å²) in [6.07, 6.45) is 3.33. The Morgan fingerprint density at radius 1 is 0.857 bits per heavy atom. The molecule has 3 amide bonds. The Labute approximate surface area is 204 Å². The summed E-state index contributed by atoms with van der Waals surface area (Å²) in [4.78, 5) is 54.0. The lowest BCUT2D eigenvalue weighted by Gasteiger charge is -2.18. The summed E-state index contributed by atoms with van der Waals surface area (Å²) in [7, 11) is 0. The monoisotopic (exact) mass is 472 g/mol. The summed E-state index contributed by atoms with van der Waals surface area (Å²) in [5, 5.41) is 0. The first kappa shape index (κ1) is 23.0. The van der Waals surface area contributed by atoms with Crippen molar-refractivity contribution in [1.29, 1.82) is 0 Å². The van der Waals surface area contributed by atoms with Crippen molar-refractivity contribution in [1.82, 2.24) is 0 Å².